The Balaban J connectivity index is 2.27. The number of aryl methyl sites for hydroxylation is 2. The van der Waals surface area contributed by atoms with E-state index in [1.165, 1.54) is 20.8 Å². The summed E-state index contributed by atoms with van der Waals surface area (Å²) in [4.78, 5) is 30.7. The largest absolute Gasteiger partial charge is 0.481 e. The second-order valence-corrected chi connectivity index (χ2v) is 7.66. The maximum absolute atomic E-state index is 13.2. The van der Waals surface area contributed by atoms with Crippen LogP contribution in [-0.2, 0) is 11.2 Å². The third-order valence-electron chi connectivity index (χ3n) is 3.85. The van der Waals surface area contributed by atoms with Gasteiger partial charge >= 0.3 is 5.97 Å². The molecule has 0 saturated carbocycles. The van der Waals surface area contributed by atoms with Gasteiger partial charge in [-0.05, 0) is 31.0 Å². The SMILES string of the molecule is CCCc1sc2nc(SCC(=O)O)n(-c3ccccc3)c(=O)c2c1C. The summed E-state index contributed by atoms with van der Waals surface area (Å²) < 4.78 is 1.52. The van der Waals surface area contributed by atoms with Gasteiger partial charge in [-0.3, -0.25) is 14.2 Å². The molecule has 0 aliphatic carbocycles. The highest BCUT2D eigenvalue weighted by molar-refractivity contribution is 7.99. The molecule has 3 rings (SSSR count). The van der Waals surface area contributed by atoms with Gasteiger partial charge in [-0.1, -0.05) is 43.3 Å². The van der Waals surface area contributed by atoms with E-state index in [-0.39, 0.29) is 11.3 Å². The molecule has 1 N–H and O–H groups in total. The lowest BCUT2D eigenvalue weighted by Crippen LogP contribution is -2.22. The van der Waals surface area contributed by atoms with Crippen LogP contribution in [0.4, 0.5) is 0 Å². The van der Waals surface area contributed by atoms with E-state index < -0.39 is 5.97 Å². The molecule has 3 aromatic rings. The quantitative estimate of drug-likeness (QED) is 0.523. The zero-order valence-electron chi connectivity index (χ0n) is 14.0. The number of hydrogen-bond donors (Lipinski definition) is 1. The summed E-state index contributed by atoms with van der Waals surface area (Å²) in [5.74, 6) is -1.08. The van der Waals surface area contributed by atoms with Gasteiger partial charge in [-0.2, -0.15) is 0 Å². The molecule has 0 fully saturated rings. The van der Waals surface area contributed by atoms with Gasteiger partial charge in [-0.15, -0.1) is 11.3 Å². The molecule has 0 aliphatic rings. The molecule has 25 heavy (non-hydrogen) atoms. The number of fused-ring (bicyclic) bond motifs is 1. The Bertz CT molecular complexity index is 977. The van der Waals surface area contributed by atoms with Crippen LogP contribution in [0, 0.1) is 6.92 Å². The van der Waals surface area contributed by atoms with Crippen molar-refractivity contribution in [2.24, 2.45) is 0 Å². The summed E-state index contributed by atoms with van der Waals surface area (Å²) in [5, 5.41) is 10.1. The Kier molecular flexibility index (Phi) is 5.24. The van der Waals surface area contributed by atoms with Crippen LogP contribution >= 0.6 is 23.1 Å². The Morgan fingerprint density at radius 1 is 1.32 bits per heavy atom. The molecule has 0 radical (unpaired) electrons. The average molecular weight is 374 g/mol. The molecule has 0 spiro atoms. The van der Waals surface area contributed by atoms with Gasteiger partial charge in [0, 0.05) is 4.88 Å². The van der Waals surface area contributed by atoms with E-state index >= 15 is 0 Å². The molecule has 0 bridgehead atoms. The second-order valence-electron chi connectivity index (χ2n) is 5.63. The van der Waals surface area contributed by atoms with Crippen molar-refractivity contribution in [1.29, 1.82) is 0 Å². The number of carbonyl (C=O) groups is 1. The molecule has 2 aromatic heterocycles. The van der Waals surface area contributed by atoms with Crippen molar-refractivity contribution in [3.63, 3.8) is 0 Å². The van der Waals surface area contributed by atoms with Gasteiger partial charge in [0.05, 0.1) is 16.8 Å². The molecule has 5 nitrogen and oxygen atoms in total. The van der Waals surface area contributed by atoms with Crippen molar-refractivity contribution in [2.75, 3.05) is 5.75 Å². The van der Waals surface area contributed by atoms with E-state index in [4.69, 9.17) is 5.11 Å². The molecule has 7 heteroatoms. The Morgan fingerprint density at radius 2 is 2.04 bits per heavy atom. The lowest BCUT2D eigenvalue weighted by Gasteiger charge is -2.11. The fourth-order valence-corrected chi connectivity index (χ4v) is 4.76. The van der Waals surface area contributed by atoms with E-state index in [1.807, 2.05) is 37.3 Å². The van der Waals surface area contributed by atoms with Crippen LogP contribution in [0.25, 0.3) is 15.9 Å². The lowest BCUT2D eigenvalue weighted by atomic mass is 10.1. The maximum atomic E-state index is 13.2. The Hall–Kier alpha value is -2.12. The maximum Gasteiger partial charge on any atom is 0.313 e. The van der Waals surface area contributed by atoms with Crippen molar-refractivity contribution in [3.8, 4) is 5.69 Å². The molecule has 0 saturated heterocycles. The van der Waals surface area contributed by atoms with Crippen LogP contribution < -0.4 is 5.56 Å². The number of rotatable bonds is 6. The summed E-state index contributed by atoms with van der Waals surface area (Å²) in [7, 11) is 0. The first kappa shape index (κ1) is 17.7. The predicted molar refractivity (Wildman–Crippen MR) is 102 cm³/mol. The number of nitrogens with zero attached hydrogens (tertiary/aromatic N) is 2. The van der Waals surface area contributed by atoms with Crippen molar-refractivity contribution in [2.45, 2.75) is 31.8 Å². The summed E-state index contributed by atoms with van der Waals surface area (Å²) in [6.45, 7) is 4.07. The summed E-state index contributed by atoms with van der Waals surface area (Å²) in [6, 6.07) is 9.23. The van der Waals surface area contributed by atoms with Crippen LogP contribution in [-0.4, -0.2) is 26.4 Å². The standard InChI is InChI=1S/C18H18N2O3S2/c1-3-7-13-11(2)15-16(25-13)19-18(24-10-14(21)22)20(17(15)23)12-8-5-4-6-9-12/h4-6,8-9H,3,7,10H2,1-2H3,(H,21,22). The van der Waals surface area contributed by atoms with E-state index in [9.17, 15) is 9.59 Å². The fraction of sp³-hybridized carbons (Fsp3) is 0.278. The third-order valence-corrected chi connectivity index (χ3v) is 6.02. The number of carboxylic acids is 1. The molecule has 0 atom stereocenters. The first-order valence-corrected chi connectivity index (χ1v) is 9.78. The van der Waals surface area contributed by atoms with Gasteiger partial charge in [0.1, 0.15) is 4.83 Å². The third kappa shape index (κ3) is 3.48. The van der Waals surface area contributed by atoms with Gasteiger partial charge in [-0.25, -0.2) is 4.98 Å². The minimum absolute atomic E-state index is 0.139. The minimum Gasteiger partial charge on any atom is -0.481 e. The predicted octanol–water partition coefficient (Wildman–Crippen LogP) is 3.88. The molecule has 1 aromatic carbocycles. The van der Waals surface area contributed by atoms with E-state index in [0.717, 1.165) is 30.2 Å². The number of carboxylic acid groups (broad SMARTS) is 1. The van der Waals surface area contributed by atoms with E-state index in [0.29, 0.717) is 21.1 Å². The highest BCUT2D eigenvalue weighted by atomic mass is 32.2. The van der Waals surface area contributed by atoms with E-state index in [1.54, 1.807) is 0 Å². The number of aliphatic carboxylic acids is 1. The minimum atomic E-state index is -0.937. The number of para-hydroxylation sites is 1. The molecule has 0 unspecified atom stereocenters. The number of thiophene rings is 1. The molecule has 130 valence electrons. The second kappa shape index (κ2) is 7.41. The Morgan fingerprint density at radius 3 is 2.68 bits per heavy atom. The highest BCUT2D eigenvalue weighted by Crippen LogP contribution is 2.30. The van der Waals surface area contributed by atoms with Crippen LogP contribution in [0.15, 0.2) is 40.3 Å². The topological polar surface area (TPSA) is 72.2 Å². The van der Waals surface area contributed by atoms with Gasteiger partial charge < -0.3 is 5.11 Å². The van der Waals surface area contributed by atoms with Crippen molar-refractivity contribution in [3.05, 3.63) is 51.1 Å². The zero-order chi connectivity index (χ0) is 18.0. The number of benzene rings is 1. The monoisotopic (exact) mass is 374 g/mol. The number of thioether (sulfide) groups is 1. The van der Waals surface area contributed by atoms with Crippen LogP contribution in [0.3, 0.4) is 0 Å². The van der Waals surface area contributed by atoms with Gasteiger partial charge in [0.2, 0.25) is 0 Å². The first-order valence-electron chi connectivity index (χ1n) is 7.98. The average Bonchev–Trinajstić information content (AvgIpc) is 2.90. The van der Waals surface area contributed by atoms with Crippen LogP contribution in [0.1, 0.15) is 23.8 Å². The molecule has 2 heterocycles. The zero-order valence-corrected chi connectivity index (χ0v) is 15.6. The summed E-state index contributed by atoms with van der Waals surface area (Å²) in [5.41, 5.74) is 1.54. The van der Waals surface area contributed by atoms with Gasteiger partial charge in [0.25, 0.3) is 5.56 Å². The first-order chi connectivity index (χ1) is 12.0. The van der Waals surface area contributed by atoms with Crippen LogP contribution in [0.2, 0.25) is 0 Å². The van der Waals surface area contributed by atoms with Crippen molar-refractivity contribution < 1.29 is 9.90 Å². The lowest BCUT2D eigenvalue weighted by molar-refractivity contribution is -0.133. The van der Waals surface area contributed by atoms with Crippen LogP contribution in [0.5, 0.6) is 0 Å². The number of hydrogen-bond acceptors (Lipinski definition) is 5. The fourth-order valence-electron chi connectivity index (χ4n) is 2.70. The molecule has 0 amide bonds. The smallest absolute Gasteiger partial charge is 0.313 e. The summed E-state index contributed by atoms with van der Waals surface area (Å²) >= 11 is 2.60. The van der Waals surface area contributed by atoms with Crippen molar-refractivity contribution in [1.82, 2.24) is 9.55 Å². The summed E-state index contributed by atoms with van der Waals surface area (Å²) in [6.07, 6.45) is 1.91. The normalized spacial score (nSPS) is 11.1. The molecule has 0 aliphatic heterocycles. The Labute approximate surface area is 153 Å². The van der Waals surface area contributed by atoms with Gasteiger partial charge in [0.15, 0.2) is 5.16 Å². The highest BCUT2D eigenvalue weighted by Gasteiger charge is 2.19. The number of aromatic nitrogens is 2. The van der Waals surface area contributed by atoms with Crippen molar-refractivity contribution >= 4 is 39.3 Å². The van der Waals surface area contributed by atoms with E-state index in [2.05, 4.69) is 11.9 Å². The molecular weight excluding hydrogens is 356 g/mol. The molecular formula is C18H18N2O3S2.